The molecule has 0 bridgehead atoms. The largest absolute Gasteiger partial charge is 0.206 e. The van der Waals surface area contributed by atoms with Crippen LogP contribution in [0.3, 0.4) is 0 Å². The topological polar surface area (TPSA) is 53.2 Å². The van der Waals surface area contributed by atoms with E-state index in [0.717, 1.165) is 6.07 Å². The smallest absolute Gasteiger partial charge is 0.141 e. The highest BCUT2D eigenvalue weighted by atomic mass is 19.1. The van der Waals surface area contributed by atoms with Crippen LogP contribution >= 0.6 is 0 Å². The fraction of sp³-hybridized carbons (Fsp3) is 0.125. The third-order valence-electron chi connectivity index (χ3n) is 1.40. The summed E-state index contributed by atoms with van der Waals surface area (Å²) < 4.78 is 12.8. The Labute approximate surface area is 68.4 Å². The Morgan fingerprint density at radius 1 is 1.58 bits per heavy atom. The number of rotatable bonds is 2. The predicted molar refractivity (Wildman–Crippen MR) is 40.6 cm³/mol. The van der Waals surface area contributed by atoms with Crippen molar-refractivity contribution in [2.45, 2.75) is 6.54 Å². The molecule has 0 unspecified atom stereocenters. The Bertz CT molecular complexity index is 343. The highest BCUT2D eigenvalue weighted by molar-refractivity contribution is 5.33. The van der Waals surface area contributed by atoms with Crippen LogP contribution in [0.4, 0.5) is 4.39 Å². The van der Waals surface area contributed by atoms with Gasteiger partial charge in [-0.15, -0.1) is 0 Å². The van der Waals surface area contributed by atoms with Crippen molar-refractivity contribution in [2.75, 3.05) is 0 Å². The molecule has 12 heavy (non-hydrogen) atoms. The van der Waals surface area contributed by atoms with Crippen molar-refractivity contribution in [1.29, 1.82) is 5.26 Å². The van der Waals surface area contributed by atoms with Gasteiger partial charge in [0.2, 0.25) is 0 Å². The van der Waals surface area contributed by atoms with E-state index >= 15 is 0 Å². The van der Waals surface area contributed by atoms with E-state index in [-0.39, 0.29) is 12.1 Å². The molecule has 1 aromatic rings. The molecule has 0 amide bonds. The van der Waals surface area contributed by atoms with Gasteiger partial charge in [0.1, 0.15) is 18.4 Å². The monoisotopic (exact) mass is 164 g/mol. The highest BCUT2D eigenvalue weighted by Crippen LogP contribution is 2.09. The fourth-order valence-corrected chi connectivity index (χ4v) is 0.822. The molecule has 3 nitrogen and oxygen atoms in total. The van der Waals surface area contributed by atoms with Crippen LogP contribution in [0.1, 0.15) is 11.1 Å². The number of benzene rings is 1. The Kier molecular flexibility index (Phi) is 2.49. The van der Waals surface area contributed by atoms with E-state index in [0.29, 0.717) is 5.56 Å². The first-order chi connectivity index (χ1) is 5.77. The summed E-state index contributed by atoms with van der Waals surface area (Å²) in [5.74, 6) is -0.612. The minimum atomic E-state index is -0.612. The maximum Gasteiger partial charge on any atom is 0.141 e. The number of nitrogens with zero attached hydrogens (tertiary/aromatic N) is 2. The summed E-state index contributed by atoms with van der Waals surface area (Å²) in [6, 6.07) is 5.65. The van der Waals surface area contributed by atoms with E-state index in [1.54, 1.807) is 6.07 Å². The Balaban J connectivity index is 3.03. The van der Waals surface area contributed by atoms with Gasteiger partial charge in [0.25, 0.3) is 0 Å². The number of hydrogen-bond donors (Lipinski definition) is 0. The molecule has 0 saturated carbocycles. The molecule has 0 spiro atoms. The van der Waals surface area contributed by atoms with Gasteiger partial charge in [0, 0.05) is 0 Å². The summed E-state index contributed by atoms with van der Waals surface area (Å²) in [6.07, 6.45) is 0. The van der Waals surface area contributed by atoms with Crippen LogP contribution in [0.5, 0.6) is 0 Å². The lowest BCUT2D eigenvalue weighted by molar-refractivity contribution is 0.621. The Hall–Kier alpha value is -1.76. The van der Waals surface area contributed by atoms with E-state index in [1.807, 2.05) is 0 Å². The molecule has 0 atom stereocenters. The van der Waals surface area contributed by atoms with Crippen LogP contribution in [-0.4, -0.2) is 0 Å². The maximum absolute atomic E-state index is 12.8. The van der Waals surface area contributed by atoms with Gasteiger partial charge in [0.05, 0.1) is 5.56 Å². The van der Waals surface area contributed by atoms with Gasteiger partial charge in [-0.2, -0.15) is 10.2 Å². The van der Waals surface area contributed by atoms with Crippen molar-refractivity contribution in [3.05, 3.63) is 40.1 Å². The van der Waals surface area contributed by atoms with E-state index in [2.05, 4.69) is 5.18 Å². The van der Waals surface area contributed by atoms with E-state index in [1.165, 1.54) is 12.1 Å². The van der Waals surface area contributed by atoms with Gasteiger partial charge in [-0.05, 0) is 17.7 Å². The number of nitroso groups, excluding NO2 is 1. The maximum atomic E-state index is 12.8. The molecule has 4 heteroatoms. The number of hydrogen-bond acceptors (Lipinski definition) is 3. The van der Waals surface area contributed by atoms with Gasteiger partial charge in [0.15, 0.2) is 0 Å². The minimum absolute atomic E-state index is 0.0235. The average molecular weight is 164 g/mol. The molecule has 0 fully saturated rings. The van der Waals surface area contributed by atoms with E-state index in [9.17, 15) is 9.30 Å². The third-order valence-corrected chi connectivity index (χ3v) is 1.40. The summed E-state index contributed by atoms with van der Waals surface area (Å²) in [6.45, 7) is -0.0668. The van der Waals surface area contributed by atoms with Crippen molar-refractivity contribution < 1.29 is 4.39 Å². The third kappa shape index (κ3) is 1.64. The van der Waals surface area contributed by atoms with E-state index < -0.39 is 5.82 Å². The highest BCUT2D eigenvalue weighted by Gasteiger charge is 2.01. The second-order valence-electron chi connectivity index (χ2n) is 2.21. The van der Waals surface area contributed by atoms with E-state index in [4.69, 9.17) is 5.26 Å². The van der Waals surface area contributed by atoms with Crippen LogP contribution in [0.25, 0.3) is 0 Å². The van der Waals surface area contributed by atoms with Crippen molar-refractivity contribution in [3.8, 4) is 6.07 Å². The van der Waals surface area contributed by atoms with Crippen LogP contribution < -0.4 is 0 Å². The van der Waals surface area contributed by atoms with Gasteiger partial charge in [-0.1, -0.05) is 11.2 Å². The molecule has 0 heterocycles. The van der Waals surface area contributed by atoms with Gasteiger partial charge >= 0.3 is 0 Å². The minimum Gasteiger partial charge on any atom is -0.206 e. The molecular weight excluding hydrogens is 159 g/mol. The first-order valence-corrected chi connectivity index (χ1v) is 3.25. The standard InChI is InChI=1S/C8H5FN2O/c9-8-3-6(5-11-12)1-2-7(8)4-10/h1-3H,5H2. The first-order valence-electron chi connectivity index (χ1n) is 3.25. The molecule has 1 rings (SSSR count). The zero-order chi connectivity index (χ0) is 8.97. The molecular formula is C8H5FN2O. The molecule has 0 radical (unpaired) electrons. The van der Waals surface area contributed by atoms with Gasteiger partial charge < -0.3 is 0 Å². The van der Waals surface area contributed by atoms with Gasteiger partial charge in [-0.3, -0.25) is 0 Å². The molecule has 0 aliphatic carbocycles. The summed E-state index contributed by atoms with van der Waals surface area (Å²) in [5.41, 5.74) is 0.450. The van der Waals surface area contributed by atoms with Crippen LogP contribution in [0.15, 0.2) is 23.4 Å². The molecule has 0 aromatic heterocycles. The van der Waals surface area contributed by atoms with Crippen molar-refractivity contribution in [1.82, 2.24) is 0 Å². The zero-order valence-electron chi connectivity index (χ0n) is 6.12. The lowest BCUT2D eigenvalue weighted by Crippen LogP contribution is -1.87. The van der Waals surface area contributed by atoms with Crippen molar-refractivity contribution >= 4 is 0 Å². The van der Waals surface area contributed by atoms with Crippen LogP contribution in [-0.2, 0) is 6.54 Å². The number of nitriles is 1. The average Bonchev–Trinajstić information content (AvgIpc) is 2.05. The van der Waals surface area contributed by atoms with Crippen LogP contribution in [0, 0.1) is 22.1 Å². The fourth-order valence-electron chi connectivity index (χ4n) is 0.822. The summed E-state index contributed by atoms with van der Waals surface area (Å²) >= 11 is 0. The Morgan fingerprint density at radius 2 is 2.33 bits per heavy atom. The molecule has 0 saturated heterocycles. The molecule has 1 aromatic carbocycles. The first kappa shape index (κ1) is 8.34. The number of halogens is 1. The molecule has 0 aliphatic heterocycles. The lowest BCUT2D eigenvalue weighted by atomic mass is 10.1. The van der Waals surface area contributed by atoms with Gasteiger partial charge in [-0.25, -0.2) is 4.39 Å². The second-order valence-corrected chi connectivity index (χ2v) is 2.21. The predicted octanol–water partition coefficient (Wildman–Crippen LogP) is 1.96. The van der Waals surface area contributed by atoms with Crippen molar-refractivity contribution in [3.63, 3.8) is 0 Å². The SMILES string of the molecule is N#Cc1ccc(CN=O)cc1F. The summed E-state index contributed by atoms with van der Waals surface area (Å²) in [5, 5.41) is 11.0. The Morgan fingerprint density at radius 3 is 2.83 bits per heavy atom. The lowest BCUT2D eigenvalue weighted by Gasteiger charge is -1.95. The molecule has 0 aliphatic rings. The van der Waals surface area contributed by atoms with Crippen molar-refractivity contribution in [2.24, 2.45) is 5.18 Å². The normalized spacial score (nSPS) is 9.00. The quantitative estimate of drug-likeness (QED) is 0.627. The molecule has 60 valence electrons. The molecule has 0 N–H and O–H groups in total. The summed E-state index contributed by atoms with van der Waals surface area (Å²) in [7, 11) is 0. The van der Waals surface area contributed by atoms with Crippen LogP contribution in [0.2, 0.25) is 0 Å². The zero-order valence-corrected chi connectivity index (χ0v) is 6.12. The summed E-state index contributed by atoms with van der Waals surface area (Å²) in [4.78, 5) is 9.80. The second kappa shape index (κ2) is 3.58.